The Hall–Kier alpha value is -1.26. The van der Waals surface area contributed by atoms with Gasteiger partial charge in [-0.1, -0.05) is 29.3 Å². The lowest BCUT2D eigenvalue weighted by molar-refractivity contribution is -0.124. The Morgan fingerprint density at radius 1 is 1.29 bits per heavy atom. The van der Waals surface area contributed by atoms with Crippen LogP contribution in [0.15, 0.2) is 18.2 Å². The highest BCUT2D eigenvalue weighted by molar-refractivity contribution is 6.35. The molecule has 0 aliphatic carbocycles. The van der Waals surface area contributed by atoms with Crippen molar-refractivity contribution in [1.29, 1.82) is 0 Å². The van der Waals surface area contributed by atoms with E-state index in [-0.39, 0.29) is 18.5 Å². The Kier molecular flexibility index (Phi) is 3.54. The van der Waals surface area contributed by atoms with Gasteiger partial charge in [-0.2, -0.15) is 0 Å². The largest absolute Gasteiger partial charge is 0.329 e. The summed E-state index contributed by atoms with van der Waals surface area (Å²) in [6, 6.07) is 4.82. The summed E-state index contributed by atoms with van der Waals surface area (Å²) >= 11 is 11.8. The van der Waals surface area contributed by atoms with Gasteiger partial charge in [-0.3, -0.25) is 9.69 Å². The third kappa shape index (κ3) is 2.70. The minimum Gasteiger partial charge on any atom is -0.329 e. The number of hydrogen-bond acceptors (Lipinski definition) is 2. The number of halogens is 2. The Balaban J connectivity index is 2.02. The van der Waals surface area contributed by atoms with Crippen LogP contribution in [0, 0.1) is 0 Å². The number of rotatable bonds is 3. The summed E-state index contributed by atoms with van der Waals surface area (Å²) < 4.78 is 0. The summed E-state index contributed by atoms with van der Waals surface area (Å²) in [5.74, 6) is -0.208. The average molecular weight is 273 g/mol. The van der Waals surface area contributed by atoms with Crippen LogP contribution in [0.4, 0.5) is 4.79 Å². The predicted molar refractivity (Wildman–Crippen MR) is 65.3 cm³/mol. The minimum atomic E-state index is -0.347. The van der Waals surface area contributed by atoms with Crippen molar-refractivity contribution in [3.05, 3.63) is 33.8 Å². The van der Waals surface area contributed by atoms with Gasteiger partial charge >= 0.3 is 6.03 Å². The lowest BCUT2D eigenvalue weighted by Crippen LogP contribution is -2.32. The maximum absolute atomic E-state index is 11.3. The van der Waals surface area contributed by atoms with E-state index in [1.165, 1.54) is 4.90 Å². The van der Waals surface area contributed by atoms with Crippen LogP contribution in [-0.4, -0.2) is 29.9 Å². The van der Waals surface area contributed by atoms with Gasteiger partial charge in [0.15, 0.2) is 0 Å². The molecule has 6 heteroatoms. The number of imide groups is 1. The van der Waals surface area contributed by atoms with Gasteiger partial charge in [0.05, 0.1) is 6.54 Å². The molecule has 4 nitrogen and oxygen atoms in total. The molecule has 0 spiro atoms. The average Bonchev–Trinajstić information content (AvgIpc) is 2.58. The summed E-state index contributed by atoms with van der Waals surface area (Å²) in [4.78, 5) is 23.8. The molecule has 3 amide bonds. The Morgan fingerprint density at radius 3 is 2.65 bits per heavy atom. The van der Waals surface area contributed by atoms with Gasteiger partial charge in [0.2, 0.25) is 5.91 Å². The van der Waals surface area contributed by atoms with Crippen molar-refractivity contribution in [3.8, 4) is 0 Å². The number of nitrogens with one attached hydrogen (secondary N) is 1. The number of amides is 3. The fourth-order valence-corrected chi connectivity index (χ4v) is 2.14. The molecule has 0 bridgehead atoms. The SMILES string of the molecule is O=C1CNC(=O)N1CCc1ccc(Cl)cc1Cl. The second-order valence-corrected chi connectivity index (χ2v) is 4.53. The molecule has 0 aromatic heterocycles. The Bertz CT molecular complexity index is 461. The molecule has 17 heavy (non-hydrogen) atoms. The lowest BCUT2D eigenvalue weighted by atomic mass is 10.1. The van der Waals surface area contributed by atoms with E-state index in [0.717, 1.165) is 5.56 Å². The van der Waals surface area contributed by atoms with Gasteiger partial charge in [-0.25, -0.2) is 4.79 Å². The number of nitrogens with zero attached hydrogens (tertiary/aromatic N) is 1. The molecule has 0 saturated carbocycles. The molecule has 2 rings (SSSR count). The second kappa shape index (κ2) is 4.94. The first kappa shape index (κ1) is 12.2. The van der Waals surface area contributed by atoms with E-state index in [9.17, 15) is 9.59 Å². The van der Waals surface area contributed by atoms with E-state index in [1.807, 2.05) is 0 Å². The predicted octanol–water partition coefficient (Wildman–Crippen LogP) is 2.09. The van der Waals surface area contributed by atoms with E-state index in [1.54, 1.807) is 18.2 Å². The number of carbonyl (C=O) groups excluding carboxylic acids is 2. The monoisotopic (exact) mass is 272 g/mol. The molecule has 1 saturated heterocycles. The summed E-state index contributed by atoms with van der Waals surface area (Å²) in [6.07, 6.45) is 0.523. The molecule has 1 aromatic carbocycles. The van der Waals surface area contributed by atoms with E-state index >= 15 is 0 Å². The first-order chi connectivity index (χ1) is 8.08. The summed E-state index contributed by atoms with van der Waals surface area (Å²) in [6.45, 7) is 0.402. The Morgan fingerprint density at radius 2 is 2.06 bits per heavy atom. The van der Waals surface area contributed by atoms with Crippen LogP contribution in [0.5, 0.6) is 0 Å². The van der Waals surface area contributed by atoms with Crippen molar-refractivity contribution >= 4 is 35.1 Å². The molecule has 1 heterocycles. The fourth-order valence-electron chi connectivity index (χ4n) is 1.64. The van der Waals surface area contributed by atoms with Crippen LogP contribution in [0.1, 0.15) is 5.56 Å². The zero-order valence-electron chi connectivity index (χ0n) is 8.87. The topological polar surface area (TPSA) is 49.4 Å². The molecule has 0 unspecified atom stereocenters. The molecular weight excluding hydrogens is 263 g/mol. The first-order valence-electron chi connectivity index (χ1n) is 5.10. The first-order valence-corrected chi connectivity index (χ1v) is 5.85. The van der Waals surface area contributed by atoms with E-state index in [2.05, 4.69) is 5.32 Å². The van der Waals surface area contributed by atoms with Crippen LogP contribution in [0.2, 0.25) is 10.0 Å². The van der Waals surface area contributed by atoms with E-state index in [0.29, 0.717) is 23.0 Å². The van der Waals surface area contributed by atoms with Crippen molar-refractivity contribution in [2.24, 2.45) is 0 Å². The van der Waals surface area contributed by atoms with Gasteiger partial charge in [0, 0.05) is 16.6 Å². The molecule has 0 radical (unpaired) electrons. The zero-order valence-corrected chi connectivity index (χ0v) is 10.4. The second-order valence-electron chi connectivity index (χ2n) is 3.69. The van der Waals surface area contributed by atoms with Gasteiger partial charge in [-0.05, 0) is 24.1 Å². The maximum atomic E-state index is 11.3. The number of urea groups is 1. The van der Waals surface area contributed by atoms with Gasteiger partial charge < -0.3 is 5.32 Å². The van der Waals surface area contributed by atoms with Crippen molar-refractivity contribution < 1.29 is 9.59 Å². The molecule has 90 valence electrons. The highest BCUT2D eigenvalue weighted by atomic mass is 35.5. The number of hydrogen-bond donors (Lipinski definition) is 1. The van der Waals surface area contributed by atoms with Gasteiger partial charge in [0.25, 0.3) is 0 Å². The number of benzene rings is 1. The highest BCUT2D eigenvalue weighted by Crippen LogP contribution is 2.21. The van der Waals surface area contributed by atoms with Crippen molar-refractivity contribution in [3.63, 3.8) is 0 Å². The van der Waals surface area contributed by atoms with Crippen molar-refractivity contribution in [2.45, 2.75) is 6.42 Å². The van der Waals surface area contributed by atoms with Crippen molar-refractivity contribution in [1.82, 2.24) is 10.2 Å². The normalized spacial score (nSPS) is 15.3. The maximum Gasteiger partial charge on any atom is 0.324 e. The zero-order chi connectivity index (χ0) is 12.4. The van der Waals surface area contributed by atoms with Crippen LogP contribution < -0.4 is 5.32 Å². The molecule has 1 aliphatic rings. The third-order valence-electron chi connectivity index (χ3n) is 2.56. The molecular formula is C11H10Cl2N2O2. The van der Waals surface area contributed by atoms with Gasteiger partial charge in [-0.15, -0.1) is 0 Å². The summed E-state index contributed by atoms with van der Waals surface area (Å²) in [5.41, 5.74) is 0.864. The van der Waals surface area contributed by atoms with Crippen LogP contribution in [-0.2, 0) is 11.2 Å². The van der Waals surface area contributed by atoms with Crippen LogP contribution in [0.25, 0.3) is 0 Å². The van der Waals surface area contributed by atoms with E-state index < -0.39 is 0 Å². The number of carbonyl (C=O) groups is 2. The standard InChI is InChI=1S/C11H10Cl2N2O2/c12-8-2-1-7(9(13)5-8)3-4-15-10(16)6-14-11(15)17/h1-2,5H,3-4,6H2,(H,14,17). The molecule has 1 aromatic rings. The Labute approximate surface area is 108 Å². The molecule has 1 N–H and O–H groups in total. The summed E-state index contributed by atoms with van der Waals surface area (Å²) in [7, 11) is 0. The fraction of sp³-hybridized carbons (Fsp3) is 0.273. The van der Waals surface area contributed by atoms with E-state index in [4.69, 9.17) is 23.2 Å². The smallest absolute Gasteiger partial charge is 0.324 e. The molecule has 1 fully saturated rings. The summed E-state index contributed by atoms with van der Waals surface area (Å²) in [5, 5.41) is 3.57. The van der Waals surface area contributed by atoms with Crippen molar-refractivity contribution in [2.75, 3.05) is 13.1 Å². The van der Waals surface area contributed by atoms with Crippen LogP contribution >= 0.6 is 23.2 Å². The van der Waals surface area contributed by atoms with Gasteiger partial charge in [0.1, 0.15) is 0 Å². The van der Waals surface area contributed by atoms with Crippen LogP contribution in [0.3, 0.4) is 0 Å². The third-order valence-corrected chi connectivity index (χ3v) is 3.14. The molecule has 0 atom stereocenters. The lowest BCUT2D eigenvalue weighted by Gasteiger charge is -2.12. The molecule has 1 aliphatic heterocycles. The highest BCUT2D eigenvalue weighted by Gasteiger charge is 2.27. The minimum absolute atomic E-state index is 0.0766. The quantitative estimate of drug-likeness (QED) is 0.857.